The summed E-state index contributed by atoms with van der Waals surface area (Å²) in [6, 6.07) is 1.66. The largest absolute Gasteiger partial charge is 0.496 e. The first-order chi connectivity index (χ1) is 7.13. The van der Waals surface area contributed by atoms with Gasteiger partial charge in [0, 0.05) is 12.0 Å². The summed E-state index contributed by atoms with van der Waals surface area (Å²) in [6.45, 7) is 1.65. The summed E-state index contributed by atoms with van der Waals surface area (Å²) in [5.74, 6) is 0.136. The van der Waals surface area contributed by atoms with Crippen molar-refractivity contribution in [2.75, 3.05) is 12.4 Å². The van der Waals surface area contributed by atoms with Gasteiger partial charge in [0.1, 0.15) is 11.6 Å². The Morgan fingerprint density at radius 1 is 1.47 bits per heavy atom. The highest BCUT2D eigenvalue weighted by molar-refractivity contribution is 5.94. The van der Waals surface area contributed by atoms with E-state index in [1.807, 2.05) is 0 Å². The minimum Gasteiger partial charge on any atom is -0.496 e. The molecule has 0 aromatic heterocycles. The highest BCUT2D eigenvalue weighted by atomic mass is 19.1. The Bertz CT molecular complexity index is 429. The molecule has 0 atom stereocenters. The van der Waals surface area contributed by atoms with Crippen LogP contribution in [0.5, 0.6) is 5.75 Å². The molecule has 80 valence electrons. The van der Waals surface area contributed by atoms with Gasteiger partial charge in [0.05, 0.1) is 12.8 Å². The molecule has 0 aliphatic carbocycles. The number of halogens is 1. The first-order valence-electron chi connectivity index (χ1n) is 4.79. The molecule has 0 bridgehead atoms. The molecule has 0 unspecified atom stereocenters. The second-order valence-corrected chi connectivity index (χ2v) is 3.61. The van der Waals surface area contributed by atoms with Crippen LogP contribution in [-0.2, 0) is 11.2 Å². The molecule has 1 aliphatic rings. The summed E-state index contributed by atoms with van der Waals surface area (Å²) in [7, 11) is 1.55. The highest BCUT2D eigenvalue weighted by Gasteiger charge is 2.23. The number of carbonyl (C=O) groups is 1. The number of methoxy groups -OCH3 is 1. The van der Waals surface area contributed by atoms with Gasteiger partial charge in [-0.3, -0.25) is 4.79 Å². The Morgan fingerprint density at radius 2 is 2.20 bits per heavy atom. The average Bonchev–Trinajstić information content (AvgIpc) is 2.23. The van der Waals surface area contributed by atoms with Gasteiger partial charge in [-0.1, -0.05) is 0 Å². The third-order valence-electron chi connectivity index (χ3n) is 2.60. The standard InChI is InChI=1S/C11H12FNO2/c1-6-5-8(15-2)7-3-4-9(14)13-11(7)10(6)12/h5H,3-4H2,1-2H3,(H,13,14). The fourth-order valence-corrected chi connectivity index (χ4v) is 1.80. The number of fused-ring (bicyclic) bond motifs is 1. The lowest BCUT2D eigenvalue weighted by Gasteiger charge is -2.21. The lowest BCUT2D eigenvalue weighted by atomic mass is 9.99. The maximum Gasteiger partial charge on any atom is 0.224 e. The zero-order valence-corrected chi connectivity index (χ0v) is 8.69. The molecule has 0 saturated carbocycles. The molecular formula is C11H12FNO2. The van der Waals surface area contributed by atoms with Crippen LogP contribution in [0.25, 0.3) is 0 Å². The fraction of sp³-hybridized carbons (Fsp3) is 0.364. The number of aryl methyl sites for hydroxylation is 1. The van der Waals surface area contributed by atoms with Crippen molar-refractivity contribution in [1.82, 2.24) is 0 Å². The van der Waals surface area contributed by atoms with Gasteiger partial charge in [-0.05, 0) is 25.0 Å². The number of nitrogens with one attached hydrogen (secondary N) is 1. The molecule has 1 N–H and O–H groups in total. The van der Waals surface area contributed by atoms with Crippen LogP contribution >= 0.6 is 0 Å². The van der Waals surface area contributed by atoms with Crippen molar-refractivity contribution in [2.45, 2.75) is 19.8 Å². The van der Waals surface area contributed by atoms with Crippen LogP contribution in [0.3, 0.4) is 0 Å². The summed E-state index contributed by atoms with van der Waals surface area (Å²) in [6.07, 6.45) is 0.910. The molecular weight excluding hydrogens is 197 g/mol. The summed E-state index contributed by atoms with van der Waals surface area (Å²) in [4.78, 5) is 11.2. The zero-order chi connectivity index (χ0) is 11.0. The molecule has 0 fully saturated rings. The topological polar surface area (TPSA) is 38.3 Å². The van der Waals surface area contributed by atoms with E-state index in [0.717, 1.165) is 5.56 Å². The first-order valence-corrected chi connectivity index (χ1v) is 4.79. The van der Waals surface area contributed by atoms with E-state index >= 15 is 0 Å². The minimum atomic E-state index is -0.362. The van der Waals surface area contributed by atoms with Gasteiger partial charge in [0.2, 0.25) is 5.91 Å². The second-order valence-electron chi connectivity index (χ2n) is 3.61. The van der Waals surface area contributed by atoms with E-state index in [-0.39, 0.29) is 17.4 Å². The molecule has 0 radical (unpaired) electrons. The Labute approximate surface area is 87.2 Å². The van der Waals surface area contributed by atoms with Crippen LogP contribution in [0.1, 0.15) is 17.5 Å². The number of rotatable bonds is 1. The molecule has 1 heterocycles. The predicted molar refractivity (Wildman–Crippen MR) is 54.6 cm³/mol. The minimum absolute atomic E-state index is 0.144. The first kappa shape index (κ1) is 9.96. The Hall–Kier alpha value is -1.58. The van der Waals surface area contributed by atoms with Gasteiger partial charge in [-0.2, -0.15) is 0 Å². The Kier molecular flexibility index (Phi) is 2.34. The average molecular weight is 209 g/mol. The number of hydrogen-bond acceptors (Lipinski definition) is 2. The highest BCUT2D eigenvalue weighted by Crippen LogP contribution is 2.35. The lowest BCUT2D eigenvalue weighted by Crippen LogP contribution is -2.21. The monoisotopic (exact) mass is 209 g/mol. The number of anilines is 1. The van der Waals surface area contributed by atoms with E-state index in [9.17, 15) is 9.18 Å². The molecule has 1 aromatic carbocycles. The third kappa shape index (κ3) is 1.56. The summed E-state index contributed by atoms with van der Waals surface area (Å²) in [5.41, 5.74) is 1.51. The van der Waals surface area contributed by atoms with Gasteiger partial charge in [0.25, 0.3) is 0 Å². The summed E-state index contributed by atoms with van der Waals surface area (Å²) >= 11 is 0. The molecule has 15 heavy (non-hydrogen) atoms. The van der Waals surface area contributed by atoms with Gasteiger partial charge in [0.15, 0.2) is 0 Å². The SMILES string of the molecule is COc1cc(C)c(F)c2c1CCC(=O)N2. The number of hydrogen-bond donors (Lipinski definition) is 1. The molecule has 1 aliphatic heterocycles. The predicted octanol–water partition coefficient (Wildman–Crippen LogP) is 2.03. The smallest absolute Gasteiger partial charge is 0.224 e. The molecule has 4 heteroatoms. The van der Waals surface area contributed by atoms with Crippen molar-refractivity contribution in [1.29, 1.82) is 0 Å². The van der Waals surface area contributed by atoms with Crippen LogP contribution in [0.15, 0.2) is 6.07 Å². The number of amides is 1. The van der Waals surface area contributed by atoms with Crippen molar-refractivity contribution < 1.29 is 13.9 Å². The van der Waals surface area contributed by atoms with Gasteiger partial charge in [-0.25, -0.2) is 4.39 Å². The maximum atomic E-state index is 13.7. The molecule has 0 saturated heterocycles. The normalized spacial score (nSPS) is 14.5. The summed E-state index contributed by atoms with van der Waals surface area (Å²) < 4.78 is 18.9. The van der Waals surface area contributed by atoms with Crippen LogP contribution in [0.4, 0.5) is 10.1 Å². The van der Waals surface area contributed by atoms with E-state index in [0.29, 0.717) is 24.2 Å². The third-order valence-corrected chi connectivity index (χ3v) is 2.60. The second kappa shape index (κ2) is 3.53. The quantitative estimate of drug-likeness (QED) is 0.768. The Morgan fingerprint density at radius 3 is 2.87 bits per heavy atom. The Balaban J connectivity index is 2.61. The number of carbonyl (C=O) groups excluding carboxylic acids is 1. The van der Waals surface area contributed by atoms with Crippen LogP contribution < -0.4 is 10.1 Å². The van der Waals surface area contributed by atoms with Gasteiger partial charge < -0.3 is 10.1 Å². The molecule has 3 nitrogen and oxygen atoms in total. The lowest BCUT2D eigenvalue weighted by molar-refractivity contribution is -0.116. The van der Waals surface area contributed by atoms with Gasteiger partial charge >= 0.3 is 0 Å². The van der Waals surface area contributed by atoms with E-state index in [4.69, 9.17) is 4.74 Å². The number of benzene rings is 1. The van der Waals surface area contributed by atoms with E-state index in [1.165, 1.54) is 0 Å². The fourth-order valence-electron chi connectivity index (χ4n) is 1.80. The number of ether oxygens (including phenoxy) is 1. The molecule has 1 amide bonds. The summed E-state index contributed by atoms with van der Waals surface area (Å²) in [5, 5.41) is 2.55. The molecule has 0 spiro atoms. The van der Waals surface area contributed by atoms with E-state index in [2.05, 4.69) is 5.32 Å². The van der Waals surface area contributed by atoms with E-state index < -0.39 is 0 Å². The van der Waals surface area contributed by atoms with E-state index in [1.54, 1.807) is 20.1 Å². The van der Waals surface area contributed by atoms with Crippen molar-refractivity contribution in [3.8, 4) is 5.75 Å². The van der Waals surface area contributed by atoms with Crippen molar-refractivity contribution >= 4 is 11.6 Å². The van der Waals surface area contributed by atoms with Crippen molar-refractivity contribution in [2.24, 2.45) is 0 Å². The molecule has 2 rings (SSSR count). The van der Waals surface area contributed by atoms with Gasteiger partial charge in [-0.15, -0.1) is 0 Å². The van der Waals surface area contributed by atoms with Crippen LogP contribution in [-0.4, -0.2) is 13.0 Å². The zero-order valence-electron chi connectivity index (χ0n) is 8.69. The van der Waals surface area contributed by atoms with Crippen LogP contribution in [0, 0.1) is 12.7 Å². The molecule has 1 aromatic rings. The van der Waals surface area contributed by atoms with Crippen molar-refractivity contribution in [3.63, 3.8) is 0 Å². The van der Waals surface area contributed by atoms with Crippen LogP contribution in [0.2, 0.25) is 0 Å². The maximum absolute atomic E-state index is 13.7. The van der Waals surface area contributed by atoms with Crippen molar-refractivity contribution in [3.05, 3.63) is 23.0 Å².